The van der Waals surface area contributed by atoms with Gasteiger partial charge < -0.3 is 10.3 Å². The summed E-state index contributed by atoms with van der Waals surface area (Å²) < 4.78 is 1.01. The summed E-state index contributed by atoms with van der Waals surface area (Å²) in [5.41, 5.74) is 1.80. The quantitative estimate of drug-likeness (QED) is 0.605. The van der Waals surface area contributed by atoms with Crippen LogP contribution in [0.4, 0.5) is 0 Å². The second-order valence-electron chi connectivity index (χ2n) is 4.72. The molecule has 0 saturated carbocycles. The summed E-state index contributed by atoms with van der Waals surface area (Å²) in [6.07, 6.45) is 1.10. The molecule has 1 aromatic heterocycles. The maximum Gasteiger partial charge on any atom is 0.251 e. The Labute approximate surface area is 136 Å². The monoisotopic (exact) mass is 367 g/mol. The van der Waals surface area contributed by atoms with E-state index in [1.54, 1.807) is 0 Å². The molecule has 0 aliphatic heterocycles. The first kappa shape index (κ1) is 16.3. The maximum atomic E-state index is 11.5. The molecule has 4 nitrogen and oxygen atoms in total. The number of hydrogen-bond acceptors (Lipinski definition) is 4. The Bertz CT molecular complexity index is 672. The van der Waals surface area contributed by atoms with Gasteiger partial charge in [-0.15, -0.1) is 0 Å². The lowest BCUT2D eigenvalue weighted by Gasteiger charge is -2.10. The topological polar surface area (TPSA) is 57.8 Å². The number of benzene rings is 1. The molecular weight excluding hydrogens is 350 g/mol. The highest BCUT2D eigenvalue weighted by atomic mass is 79.9. The molecule has 0 radical (unpaired) electrons. The number of halogens is 1. The normalized spacial score (nSPS) is 10.8. The van der Waals surface area contributed by atoms with E-state index < -0.39 is 0 Å². The van der Waals surface area contributed by atoms with Crippen LogP contribution in [0.25, 0.3) is 0 Å². The zero-order chi connectivity index (χ0) is 15.2. The Balaban J connectivity index is 2.24. The first-order valence-corrected chi connectivity index (χ1v) is 8.44. The minimum absolute atomic E-state index is 0.120. The molecule has 1 aromatic carbocycles. The molecule has 0 amide bonds. The number of aromatic nitrogens is 2. The second kappa shape index (κ2) is 7.77. The molecule has 112 valence electrons. The van der Waals surface area contributed by atoms with Gasteiger partial charge in [0.25, 0.3) is 5.56 Å². The Kier molecular flexibility index (Phi) is 6.02. The number of rotatable bonds is 6. The molecule has 0 fully saturated rings. The van der Waals surface area contributed by atoms with E-state index in [1.807, 2.05) is 13.0 Å². The molecule has 0 spiro atoms. The van der Waals surface area contributed by atoms with E-state index in [-0.39, 0.29) is 5.56 Å². The molecular formula is C15H18BrN3OS. The highest BCUT2D eigenvalue weighted by Gasteiger charge is 2.08. The Morgan fingerprint density at radius 1 is 1.38 bits per heavy atom. The zero-order valence-corrected chi connectivity index (χ0v) is 14.5. The van der Waals surface area contributed by atoms with Gasteiger partial charge >= 0.3 is 0 Å². The average Bonchev–Trinajstić information content (AvgIpc) is 2.40. The molecule has 6 heteroatoms. The molecule has 0 saturated heterocycles. The van der Waals surface area contributed by atoms with Crippen molar-refractivity contribution in [2.75, 3.05) is 6.54 Å². The highest BCUT2D eigenvalue weighted by molar-refractivity contribution is 9.10. The molecule has 21 heavy (non-hydrogen) atoms. The third kappa shape index (κ3) is 4.98. The number of aromatic amines is 1. The minimum Gasteiger partial charge on any atom is -0.313 e. The van der Waals surface area contributed by atoms with Gasteiger partial charge in [-0.2, -0.15) is 0 Å². The summed E-state index contributed by atoms with van der Waals surface area (Å²) in [5.74, 6) is 0. The molecule has 0 atom stereocenters. The first-order chi connectivity index (χ1) is 10.1. The Morgan fingerprint density at radius 3 is 2.90 bits per heavy atom. The van der Waals surface area contributed by atoms with Gasteiger partial charge in [-0.1, -0.05) is 40.7 Å². The lowest BCUT2D eigenvalue weighted by Crippen LogP contribution is -2.14. The van der Waals surface area contributed by atoms with E-state index in [9.17, 15) is 4.79 Å². The van der Waals surface area contributed by atoms with Crippen LogP contribution in [0.5, 0.6) is 0 Å². The van der Waals surface area contributed by atoms with Crippen LogP contribution in [-0.4, -0.2) is 16.5 Å². The molecule has 0 aliphatic carbocycles. The zero-order valence-electron chi connectivity index (χ0n) is 12.1. The van der Waals surface area contributed by atoms with Crippen LogP contribution < -0.4 is 10.9 Å². The summed E-state index contributed by atoms with van der Waals surface area (Å²) in [6, 6.07) is 7.66. The lowest BCUT2D eigenvalue weighted by atomic mass is 10.2. The van der Waals surface area contributed by atoms with Crippen molar-refractivity contribution in [3.8, 4) is 0 Å². The smallest absolute Gasteiger partial charge is 0.251 e. The summed E-state index contributed by atoms with van der Waals surface area (Å²) in [6.45, 7) is 5.76. The van der Waals surface area contributed by atoms with Crippen molar-refractivity contribution in [1.82, 2.24) is 15.3 Å². The van der Waals surface area contributed by atoms with Crippen LogP contribution in [-0.2, 0) is 6.54 Å². The summed E-state index contributed by atoms with van der Waals surface area (Å²) in [5, 5.41) is 4.02. The minimum atomic E-state index is -0.120. The Hall–Kier alpha value is -1.11. The van der Waals surface area contributed by atoms with E-state index in [2.05, 4.69) is 50.3 Å². The van der Waals surface area contributed by atoms with Gasteiger partial charge in [-0.05, 0) is 37.6 Å². The fraction of sp³-hybridized carbons (Fsp3) is 0.333. The summed E-state index contributed by atoms with van der Waals surface area (Å²) >= 11 is 4.97. The SMILES string of the molecule is CCCNCc1ccc(Br)cc1Sc1nc(C)cc(=O)[nH]1. The number of nitrogens with one attached hydrogen (secondary N) is 2. The number of aryl methyl sites for hydroxylation is 1. The Morgan fingerprint density at radius 2 is 2.19 bits per heavy atom. The summed E-state index contributed by atoms with van der Waals surface area (Å²) in [7, 11) is 0. The van der Waals surface area contributed by atoms with E-state index in [0.717, 1.165) is 34.6 Å². The fourth-order valence-corrected chi connectivity index (χ4v) is 3.39. The van der Waals surface area contributed by atoms with Crippen LogP contribution in [0.15, 0.2) is 43.6 Å². The van der Waals surface area contributed by atoms with Crippen molar-refractivity contribution in [3.05, 3.63) is 50.3 Å². The molecule has 2 rings (SSSR count). The van der Waals surface area contributed by atoms with Crippen molar-refractivity contribution in [2.45, 2.75) is 36.9 Å². The van der Waals surface area contributed by atoms with Gasteiger partial charge in [-0.25, -0.2) is 4.98 Å². The van der Waals surface area contributed by atoms with Gasteiger partial charge in [0.1, 0.15) is 0 Å². The van der Waals surface area contributed by atoms with Gasteiger partial charge in [0.05, 0.1) is 0 Å². The molecule has 2 N–H and O–H groups in total. The van der Waals surface area contributed by atoms with Crippen molar-refractivity contribution < 1.29 is 0 Å². The maximum absolute atomic E-state index is 11.5. The van der Waals surface area contributed by atoms with Crippen molar-refractivity contribution in [1.29, 1.82) is 0 Å². The fourth-order valence-electron chi connectivity index (χ4n) is 1.87. The van der Waals surface area contributed by atoms with Crippen molar-refractivity contribution in [3.63, 3.8) is 0 Å². The van der Waals surface area contributed by atoms with Crippen molar-refractivity contribution >= 4 is 27.7 Å². The first-order valence-electron chi connectivity index (χ1n) is 6.83. The number of H-pyrrole nitrogens is 1. The predicted molar refractivity (Wildman–Crippen MR) is 89.9 cm³/mol. The highest BCUT2D eigenvalue weighted by Crippen LogP contribution is 2.30. The van der Waals surface area contributed by atoms with Crippen LogP contribution >= 0.6 is 27.7 Å². The number of hydrogen-bond donors (Lipinski definition) is 2. The van der Waals surface area contributed by atoms with Crippen molar-refractivity contribution in [2.24, 2.45) is 0 Å². The molecule has 0 unspecified atom stereocenters. The van der Waals surface area contributed by atoms with Crippen LogP contribution in [0.2, 0.25) is 0 Å². The lowest BCUT2D eigenvalue weighted by molar-refractivity contribution is 0.669. The van der Waals surface area contributed by atoms with Gasteiger partial charge in [0, 0.05) is 27.7 Å². The summed E-state index contributed by atoms with van der Waals surface area (Å²) in [4.78, 5) is 19.8. The van der Waals surface area contributed by atoms with Gasteiger partial charge in [-0.3, -0.25) is 4.79 Å². The van der Waals surface area contributed by atoms with Crippen LogP contribution in [0.1, 0.15) is 24.6 Å². The second-order valence-corrected chi connectivity index (χ2v) is 6.67. The van der Waals surface area contributed by atoms with Gasteiger partial charge in [0.15, 0.2) is 5.16 Å². The standard InChI is InChI=1S/C15H18BrN3OS/c1-3-6-17-9-11-4-5-12(16)8-13(11)21-15-18-10(2)7-14(20)19-15/h4-5,7-8,17H,3,6,9H2,1-2H3,(H,18,19,20). The van der Waals surface area contributed by atoms with Crippen LogP contribution in [0, 0.1) is 6.92 Å². The largest absolute Gasteiger partial charge is 0.313 e. The molecule has 1 heterocycles. The number of nitrogens with zero attached hydrogens (tertiary/aromatic N) is 1. The van der Waals surface area contributed by atoms with Gasteiger partial charge in [0.2, 0.25) is 0 Å². The van der Waals surface area contributed by atoms with E-state index in [4.69, 9.17) is 0 Å². The molecule has 0 aliphatic rings. The van der Waals surface area contributed by atoms with E-state index >= 15 is 0 Å². The third-order valence-corrected chi connectivity index (χ3v) is 4.31. The molecule has 0 bridgehead atoms. The van der Waals surface area contributed by atoms with Crippen LogP contribution in [0.3, 0.4) is 0 Å². The van der Waals surface area contributed by atoms with E-state index in [0.29, 0.717) is 5.16 Å². The van der Waals surface area contributed by atoms with E-state index in [1.165, 1.54) is 23.4 Å². The predicted octanol–water partition coefficient (Wildman–Crippen LogP) is 3.49. The molecule has 2 aromatic rings. The third-order valence-electron chi connectivity index (χ3n) is 2.83. The average molecular weight is 368 g/mol.